The van der Waals surface area contributed by atoms with Crippen LogP contribution in [0.4, 0.5) is 13.2 Å². The van der Waals surface area contributed by atoms with Crippen molar-refractivity contribution in [2.24, 2.45) is 0 Å². The van der Waals surface area contributed by atoms with Crippen LogP contribution in [0.15, 0.2) is 42.5 Å². The number of hydrogen-bond acceptors (Lipinski definition) is 2. The highest BCUT2D eigenvalue weighted by Gasteiger charge is 2.33. The molecule has 0 fully saturated rings. The van der Waals surface area contributed by atoms with Crippen LogP contribution in [0.25, 0.3) is 22.3 Å². The lowest BCUT2D eigenvalue weighted by atomic mass is 10.1. The van der Waals surface area contributed by atoms with Crippen LogP contribution in [0.1, 0.15) is 11.3 Å². The summed E-state index contributed by atoms with van der Waals surface area (Å²) in [6, 6.07) is 10.7. The molecule has 1 aromatic heterocycles. The molecule has 22 heavy (non-hydrogen) atoms. The van der Waals surface area contributed by atoms with Gasteiger partial charge in [-0.15, -0.1) is 0 Å². The van der Waals surface area contributed by atoms with Crippen LogP contribution in [-0.2, 0) is 6.18 Å². The van der Waals surface area contributed by atoms with Crippen molar-refractivity contribution >= 4 is 22.6 Å². The van der Waals surface area contributed by atoms with Crippen molar-refractivity contribution in [3.8, 4) is 11.3 Å². The second kappa shape index (κ2) is 5.25. The third kappa shape index (κ3) is 2.52. The van der Waals surface area contributed by atoms with Gasteiger partial charge in [0.1, 0.15) is 5.52 Å². The Morgan fingerprint density at radius 3 is 2.36 bits per heavy atom. The van der Waals surface area contributed by atoms with E-state index in [1.165, 1.54) is 12.1 Å². The van der Waals surface area contributed by atoms with E-state index in [9.17, 15) is 13.2 Å². The maximum Gasteiger partial charge on any atom is 0.418 e. The Kier molecular flexibility index (Phi) is 3.53. The molecule has 2 nitrogen and oxygen atoms in total. The quantitative estimate of drug-likeness (QED) is 0.609. The van der Waals surface area contributed by atoms with Gasteiger partial charge < -0.3 is 0 Å². The molecule has 0 saturated heterocycles. The smallest absolute Gasteiger partial charge is 0.249 e. The fourth-order valence-corrected chi connectivity index (χ4v) is 2.53. The van der Waals surface area contributed by atoms with Crippen LogP contribution in [0.3, 0.4) is 0 Å². The molecule has 3 rings (SSSR count). The summed E-state index contributed by atoms with van der Waals surface area (Å²) in [6.45, 7) is 1.70. The Bertz CT molecular complexity index is 860. The molecule has 0 amide bonds. The summed E-state index contributed by atoms with van der Waals surface area (Å²) < 4.78 is 39.4. The van der Waals surface area contributed by atoms with Gasteiger partial charge in [0.05, 0.1) is 27.5 Å². The van der Waals surface area contributed by atoms with Gasteiger partial charge >= 0.3 is 6.18 Å². The molecule has 6 heteroatoms. The van der Waals surface area contributed by atoms with E-state index in [0.717, 1.165) is 6.07 Å². The lowest BCUT2D eigenvalue weighted by Gasteiger charge is -2.12. The predicted molar refractivity (Wildman–Crippen MR) is 79.7 cm³/mol. The topological polar surface area (TPSA) is 25.8 Å². The van der Waals surface area contributed by atoms with E-state index < -0.39 is 11.7 Å². The number of rotatable bonds is 1. The van der Waals surface area contributed by atoms with Gasteiger partial charge in [0.2, 0.25) is 0 Å². The molecule has 0 spiro atoms. The van der Waals surface area contributed by atoms with Crippen molar-refractivity contribution in [2.45, 2.75) is 13.1 Å². The molecule has 0 aliphatic heterocycles. The second-order valence-corrected chi connectivity index (χ2v) is 5.22. The monoisotopic (exact) mass is 322 g/mol. The molecule has 0 unspecified atom stereocenters. The molecular weight excluding hydrogens is 313 g/mol. The van der Waals surface area contributed by atoms with E-state index >= 15 is 0 Å². The molecular formula is C16H10ClF3N2. The highest BCUT2D eigenvalue weighted by Crippen LogP contribution is 2.35. The third-order valence-corrected chi connectivity index (χ3v) is 3.63. The summed E-state index contributed by atoms with van der Waals surface area (Å²) >= 11 is 6.12. The van der Waals surface area contributed by atoms with Gasteiger partial charge in [-0.2, -0.15) is 13.2 Å². The first kappa shape index (κ1) is 14.8. The average molecular weight is 323 g/mol. The van der Waals surface area contributed by atoms with Crippen LogP contribution in [0.2, 0.25) is 5.02 Å². The van der Waals surface area contributed by atoms with E-state index in [1.54, 1.807) is 31.2 Å². The summed E-state index contributed by atoms with van der Waals surface area (Å²) in [4.78, 5) is 8.45. The average Bonchev–Trinajstić information content (AvgIpc) is 2.45. The van der Waals surface area contributed by atoms with Gasteiger partial charge in [-0.25, -0.2) is 9.97 Å². The van der Waals surface area contributed by atoms with E-state index in [1.807, 2.05) is 0 Å². The minimum atomic E-state index is -4.48. The molecule has 0 atom stereocenters. The summed E-state index contributed by atoms with van der Waals surface area (Å²) in [5.41, 5.74) is 0.687. The van der Waals surface area contributed by atoms with E-state index in [-0.39, 0.29) is 11.0 Å². The predicted octanol–water partition coefficient (Wildman–Crippen LogP) is 5.28. The lowest BCUT2D eigenvalue weighted by Crippen LogP contribution is -2.08. The zero-order chi connectivity index (χ0) is 15.9. The van der Waals surface area contributed by atoms with E-state index in [2.05, 4.69) is 9.97 Å². The first-order valence-electron chi connectivity index (χ1n) is 6.47. The number of alkyl halides is 3. The molecule has 0 radical (unpaired) electrons. The summed E-state index contributed by atoms with van der Waals surface area (Å²) in [5, 5.41) is 0.420. The Hall–Kier alpha value is -2.14. The minimum absolute atomic E-state index is 0.171. The van der Waals surface area contributed by atoms with Crippen molar-refractivity contribution in [3.63, 3.8) is 0 Å². The number of fused-ring (bicyclic) bond motifs is 1. The number of benzene rings is 2. The maximum atomic E-state index is 13.1. The molecule has 0 aliphatic rings. The molecule has 112 valence electrons. The fraction of sp³-hybridized carbons (Fsp3) is 0.125. The summed E-state index contributed by atoms with van der Waals surface area (Å²) in [7, 11) is 0. The Labute approximate surface area is 129 Å². The van der Waals surface area contributed by atoms with Crippen molar-refractivity contribution in [3.05, 3.63) is 58.7 Å². The number of aromatic nitrogens is 2. The second-order valence-electron chi connectivity index (χ2n) is 4.81. The maximum absolute atomic E-state index is 13.1. The van der Waals surface area contributed by atoms with Crippen LogP contribution < -0.4 is 0 Å². The van der Waals surface area contributed by atoms with Crippen LogP contribution in [0.5, 0.6) is 0 Å². The van der Waals surface area contributed by atoms with Gasteiger partial charge in [0.25, 0.3) is 0 Å². The highest BCUT2D eigenvalue weighted by molar-refractivity contribution is 6.33. The molecule has 0 aliphatic carbocycles. The number of hydrogen-bond donors (Lipinski definition) is 0. The lowest BCUT2D eigenvalue weighted by molar-refractivity contribution is -0.136. The van der Waals surface area contributed by atoms with Gasteiger partial charge in [-0.1, -0.05) is 35.9 Å². The SMILES string of the molecule is Cc1nc2cccc(C(F)(F)F)c2nc1-c1ccccc1Cl. The minimum Gasteiger partial charge on any atom is -0.249 e. The molecule has 2 aromatic carbocycles. The Morgan fingerprint density at radius 1 is 0.955 bits per heavy atom. The van der Waals surface area contributed by atoms with Gasteiger partial charge in [-0.3, -0.25) is 0 Å². The molecule has 3 aromatic rings. The molecule has 1 heterocycles. The Balaban J connectivity index is 2.34. The van der Waals surface area contributed by atoms with Crippen molar-refractivity contribution in [1.82, 2.24) is 9.97 Å². The van der Waals surface area contributed by atoms with Crippen LogP contribution >= 0.6 is 11.6 Å². The molecule has 0 bridgehead atoms. The van der Waals surface area contributed by atoms with E-state index in [0.29, 0.717) is 22.0 Å². The standard InChI is InChI=1S/C16H10ClF3N2/c1-9-14(10-5-2-3-7-12(10)17)22-15-11(16(18,19)20)6-4-8-13(15)21-9/h2-8H,1H3. The van der Waals surface area contributed by atoms with Gasteiger partial charge in [0, 0.05) is 5.56 Å². The first-order chi connectivity index (χ1) is 10.4. The Morgan fingerprint density at radius 2 is 1.68 bits per heavy atom. The summed E-state index contributed by atoms with van der Waals surface area (Å²) in [5.74, 6) is 0. The van der Waals surface area contributed by atoms with Crippen LogP contribution in [0, 0.1) is 6.92 Å². The normalized spacial score (nSPS) is 11.9. The largest absolute Gasteiger partial charge is 0.418 e. The molecule has 0 N–H and O–H groups in total. The van der Waals surface area contributed by atoms with Crippen LogP contribution in [-0.4, -0.2) is 9.97 Å². The van der Waals surface area contributed by atoms with Crippen molar-refractivity contribution < 1.29 is 13.2 Å². The number of halogens is 4. The number of para-hydroxylation sites is 1. The highest BCUT2D eigenvalue weighted by atomic mass is 35.5. The summed E-state index contributed by atoms with van der Waals surface area (Å²) in [6.07, 6.45) is -4.48. The first-order valence-corrected chi connectivity index (χ1v) is 6.85. The van der Waals surface area contributed by atoms with Gasteiger partial charge in [0.15, 0.2) is 0 Å². The van der Waals surface area contributed by atoms with E-state index in [4.69, 9.17) is 11.6 Å². The zero-order valence-electron chi connectivity index (χ0n) is 11.4. The third-order valence-electron chi connectivity index (χ3n) is 3.30. The van der Waals surface area contributed by atoms with Crippen molar-refractivity contribution in [1.29, 1.82) is 0 Å². The number of aryl methyl sites for hydroxylation is 1. The fourth-order valence-electron chi connectivity index (χ4n) is 2.30. The molecule has 0 saturated carbocycles. The van der Waals surface area contributed by atoms with Crippen molar-refractivity contribution in [2.75, 3.05) is 0 Å². The van der Waals surface area contributed by atoms with Gasteiger partial charge in [-0.05, 0) is 25.1 Å². The zero-order valence-corrected chi connectivity index (χ0v) is 12.2. The number of nitrogens with zero attached hydrogens (tertiary/aromatic N) is 2.